The Balaban J connectivity index is 2.29. The number of para-hydroxylation sites is 1. The molecule has 1 unspecified atom stereocenters. The standard InChI is InChI=1S/C22H24O4/c1-4-5-9-17(16(2)18-10-6-7-12-21(18)25-3)15-26-22-13-8-11-20(24)19(22)14-23/h4-14,16,24H,15H2,1-3H3/b5-4-,17-9-. The number of rotatable bonds is 8. The molecule has 136 valence electrons. The van der Waals surface area contributed by atoms with Crippen LogP contribution in [-0.2, 0) is 0 Å². The second kappa shape index (κ2) is 9.47. The molecule has 0 spiro atoms. The van der Waals surface area contributed by atoms with E-state index in [2.05, 4.69) is 6.92 Å². The lowest BCUT2D eigenvalue weighted by molar-refractivity contribution is 0.111. The molecule has 0 bridgehead atoms. The highest BCUT2D eigenvalue weighted by atomic mass is 16.5. The minimum absolute atomic E-state index is 0.0549. The van der Waals surface area contributed by atoms with Crippen molar-refractivity contribution in [3.05, 3.63) is 77.4 Å². The maximum atomic E-state index is 11.2. The van der Waals surface area contributed by atoms with Gasteiger partial charge < -0.3 is 14.6 Å². The molecule has 0 aliphatic rings. The van der Waals surface area contributed by atoms with Crippen LogP contribution in [0, 0.1) is 0 Å². The first-order valence-corrected chi connectivity index (χ1v) is 8.47. The summed E-state index contributed by atoms with van der Waals surface area (Å²) in [6.45, 7) is 4.32. The number of carbonyl (C=O) groups is 1. The lowest BCUT2D eigenvalue weighted by atomic mass is 9.92. The van der Waals surface area contributed by atoms with Gasteiger partial charge in [-0.05, 0) is 30.7 Å². The van der Waals surface area contributed by atoms with Crippen LogP contribution in [0.2, 0.25) is 0 Å². The highest BCUT2D eigenvalue weighted by Gasteiger charge is 2.17. The van der Waals surface area contributed by atoms with Crippen molar-refractivity contribution >= 4 is 6.29 Å². The van der Waals surface area contributed by atoms with Gasteiger partial charge in [-0.1, -0.05) is 49.4 Å². The number of aromatic hydroxyl groups is 1. The minimum Gasteiger partial charge on any atom is -0.507 e. The molecule has 4 heteroatoms. The lowest BCUT2D eigenvalue weighted by Crippen LogP contribution is -2.10. The molecule has 0 aliphatic heterocycles. The zero-order valence-corrected chi connectivity index (χ0v) is 15.3. The Kier molecular flexibility index (Phi) is 7.03. The van der Waals surface area contributed by atoms with E-state index in [1.807, 2.05) is 49.4 Å². The van der Waals surface area contributed by atoms with Crippen LogP contribution in [0.1, 0.15) is 35.7 Å². The van der Waals surface area contributed by atoms with E-state index < -0.39 is 0 Å². The Morgan fingerprint density at radius 3 is 2.58 bits per heavy atom. The summed E-state index contributed by atoms with van der Waals surface area (Å²) >= 11 is 0. The number of methoxy groups -OCH3 is 1. The van der Waals surface area contributed by atoms with Gasteiger partial charge in [0, 0.05) is 11.5 Å². The smallest absolute Gasteiger partial charge is 0.157 e. The largest absolute Gasteiger partial charge is 0.507 e. The maximum absolute atomic E-state index is 11.2. The Labute approximate surface area is 154 Å². The Hall–Kier alpha value is -3.01. The van der Waals surface area contributed by atoms with Crippen molar-refractivity contribution in [2.75, 3.05) is 13.7 Å². The van der Waals surface area contributed by atoms with Gasteiger partial charge in [0.2, 0.25) is 0 Å². The average molecular weight is 352 g/mol. The number of allylic oxidation sites excluding steroid dienone is 3. The SMILES string of the molecule is C/C=C\C=C(\COc1cccc(O)c1C=O)C(C)c1ccccc1OC. The minimum atomic E-state index is -0.0886. The second-order valence-corrected chi connectivity index (χ2v) is 5.83. The molecule has 0 radical (unpaired) electrons. The summed E-state index contributed by atoms with van der Waals surface area (Å²) in [5, 5.41) is 9.80. The molecule has 0 aromatic heterocycles. The van der Waals surface area contributed by atoms with Gasteiger partial charge in [-0.25, -0.2) is 0 Å². The third-order valence-corrected chi connectivity index (χ3v) is 4.22. The van der Waals surface area contributed by atoms with E-state index in [0.29, 0.717) is 12.0 Å². The van der Waals surface area contributed by atoms with Crippen LogP contribution < -0.4 is 9.47 Å². The topological polar surface area (TPSA) is 55.8 Å². The van der Waals surface area contributed by atoms with Crippen molar-refractivity contribution in [3.8, 4) is 17.2 Å². The highest BCUT2D eigenvalue weighted by Crippen LogP contribution is 2.32. The first-order chi connectivity index (χ1) is 12.6. The van der Waals surface area contributed by atoms with Crippen LogP contribution >= 0.6 is 0 Å². The average Bonchev–Trinajstić information content (AvgIpc) is 2.67. The summed E-state index contributed by atoms with van der Waals surface area (Å²) in [6.07, 6.45) is 6.50. The van der Waals surface area contributed by atoms with Crippen LogP contribution in [0.4, 0.5) is 0 Å². The maximum Gasteiger partial charge on any atom is 0.157 e. The number of hydrogen-bond donors (Lipinski definition) is 1. The monoisotopic (exact) mass is 352 g/mol. The molecule has 1 atom stereocenters. The molecule has 0 amide bonds. The van der Waals surface area contributed by atoms with Crippen molar-refractivity contribution < 1.29 is 19.4 Å². The van der Waals surface area contributed by atoms with E-state index in [0.717, 1.165) is 16.9 Å². The molecule has 0 saturated carbocycles. The van der Waals surface area contributed by atoms with Crippen LogP contribution in [0.15, 0.2) is 66.3 Å². The fourth-order valence-electron chi connectivity index (χ4n) is 2.70. The predicted molar refractivity (Wildman–Crippen MR) is 103 cm³/mol. The van der Waals surface area contributed by atoms with Crippen molar-refractivity contribution in [2.24, 2.45) is 0 Å². The molecule has 2 rings (SSSR count). The first-order valence-electron chi connectivity index (χ1n) is 8.47. The van der Waals surface area contributed by atoms with Crippen LogP contribution in [0.25, 0.3) is 0 Å². The van der Waals surface area contributed by atoms with Crippen LogP contribution in [0.5, 0.6) is 17.2 Å². The molecule has 0 saturated heterocycles. The van der Waals surface area contributed by atoms with Crippen molar-refractivity contribution in [3.63, 3.8) is 0 Å². The Morgan fingerprint density at radius 2 is 1.88 bits per heavy atom. The van der Waals surface area contributed by atoms with Gasteiger partial charge in [0.1, 0.15) is 23.9 Å². The van der Waals surface area contributed by atoms with Gasteiger partial charge in [-0.15, -0.1) is 0 Å². The third-order valence-electron chi connectivity index (χ3n) is 4.22. The van der Waals surface area contributed by atoms with Gasteiger partial charge in [-0.2, -0.15) is 0 Å². The van der Waals surface area contributed by atoms with Crippen molar-refractivity contribution in [2.45, 2.75) is 19.8 Å². The summed E-state index contributed by atoms with van der Waals surface area (Å²) in [7, 11) is 1.65. The van der Waals surface area contributed by atoms with E-state index in [-0.39, 0.29) is 23.8 Å². The summed E-state index contributed by atoms with van der Waals surface area (Å²) in [4.78, 5) is 11.2. The van der Waals surface area contributed by atoms with Crippen molar-refractivity contribution in [1.29, 1.82) is 0 Å². The summed E-state index contributed by atoms with van der Waals surface area (Å²) in [5.41, 5.74) is 2.23. The zero-order chi connectivity index (χ0) is 18.9. The molecule has 4 nitrogen and oxygen atoms in total. The fraction of sp³-hybridized carbons (Fsp3) is 0.227. The number of phenols is 1. The molecule has 2 aromatic rings. The normalized spacial score (nSPS) is 12.8. The molecule has 0 aliphatic carbocycles. The third kappa shape index (κ3) is 4.54. The predicted octanol–water partition coefficient (Wildman–Crippen LogP) is 4.90. The Morgan fingerprint density at radius 1 is 1.15 bits per heavy atom. The first kappa shape index (κ1) is 19.3. The number of benzene rings is 2. The van der Waals surface area contributed by atoms with Gasteiger partial charge in [0.15, 0.2) is 6.29 Å². The molecule has 0 fully saturated rings. The van der Waals surface area contributed by atoms with E-state index >= 15 is 0 Å². The quantitative estimate of drug-likeness (QED) is 0.542. The van der Waals surface area contributed by atoms with Crippen molar-refractivity contribution in [1.82, 2.24) is 0 Å². The van der Waals surface area contributed by atoms with Gasteiger partial charge in [-0.3, -0.25) is 4.79 Å². The molecule has 1 N–H and O–H groups in total. The number of ether oxygens (including phenoxy) is 2. The molecular formula is C22H24O4. The van der Waals surface area contributed by atoms with E-state index in [4.69, 9.17) is 9.47 Å². The Bertz CT molecular complexity index is 806. The number of phenolic OH excluding ortho intramolecular Hbond substituents is 1. The van der Waals surface area contributed by atoms with Gasteiger partial charge in [0.05, 0.1) is 12.7 Å². The molecule has 0 heterocycles. The van der Waals surface area contributed by atoms with Gasteiger partial charge in [0.25, 0.3) is 0 Å². The highest BCUT2D eigenvalue weighted by molar-refractivity contribution is 5.83. The van der Waals surface area contributed by atoms with Gasteiger partial charge >= 0.3 is 0 Å². The van der Waals surface area contributed by atoms with E-state index in [1.54, 1.807) is 19.2 Å². The van der Waals surface area contributed by atoms with E-state index in [1.165, 1.54) is 6.07 Å². The second-order valence-electron chi connectivity index (χ2n) is 5.83. The molecular weight excluding hydrogens is 328 g/mol. The van der Waals surface area contributed by atoms with Crippen LogP contribution in [0.3, 0.4) is 0 Å². The summed E-state index contributed by atoms with van der Waals surface area (Å²) < 4.78 is 11.3. The fourth-order valence-corrected chi connectivity index (χ4v) is 2.70. The lowest BCUT2D eigenvalue weighted by Gasteiger charge is -2.20. The summed E-state index contributed by atoms with van der Waals surface area (Å²) in [6, 6.07) is 12.6. The molecule has 26 heavy (non-hydrogen) atoms. The number of carbonyl (C=O) groups excluding carboxylic acids is 1. The molecule has 2 aromatic carbocycles. The number of aldehydes is 1. The van der Waals surface area contributed by atoms with Crippen LogP contribution in [-0.4, -0.2) is 25.1 Å². The zero-order valence-electron chi connectivity index (χ0n) is 15.3. The number of hydrogen-bond acceptors (Lipinski definition) is 4. The van der Waals surface area contributed by atoms with E-state index in [9.17, 15) is 9.90 Å². The summed E-state index contributed by atoms with van der Waals surface area (Å²) in [5.74, 6) is 1.14.